The average molecular weight is 283 g/mol. The molecule has 82 valence electrons. The van der Waals surface area contributed by atoms with Crippen molar-refractivity contribution in [3.63, 3.8) is 0 Å². The molecule has 0 atom stereocenters. The topological polar surface area (TPSA) is 42.9 Å². The zero-order valence-electron chi connectivity index (χ0n) is 7.38. The normalized spacial score (nSPS) is 11.5. The van der Waals surface area contributed by atoms with Crippen LogP contribution in [0.1, 0.15) is 11.4 Å². The molecule has 3 nitrogen and oxygen atoms in total. The fourth-order valence-corrected chi connectivity index (χ4v) is 1.05. The molecule has 0 aliphatic carbocycles. The van der Waals surface area contributed by atoms with E-state index in [1.807, 2.05) is 0 Å². The van der Waals surface area contributed by atoms with Crippen LogP contribution in [0.15, 0.2) is 12.1 Å². The van der Waals surface area contributed by atoms with Crippen LogP contribution in [-0.4, -0.2) is 21.3 Å². The average Bonchev–Trinajstić information content (AvgIpc) is 2.17. The number of hydrogen-bond acceptors (Lipinski definition) is 3. The van der Waals surface area contributed by atoms with Crippen molar-refractivity contribution in [3.8, 4) is 0 Å². The summed E-state index contributed by atoms with van der Waals surface area (Å²) in [7, 11) is 0. The number of hydrogen-bond donors (Lipinski definition) is 0. The minimum Gasteiger partial charge on any atom is -0.298 e. The number of rotatable bonds is 3. The van der Waals surface area contributed by atoms with Gasteiger partial charge in [0.05, 0.1) is 17.4 Å². The molecule has 0 fully saturated rings. The highest BCUT2D eigenvalue weighted by molar-refractivity contribution is 9.09. The van der Waals surface area contributed by atoms with Crippen molar-refractivity contribution in [2.75, 3.05) is 5.33 Å². The molecule has 0 aromatic carbocycles. The van der Waals surface area contributed by atoms with Gasteiger partial charge in [0.25, 0.3) is 0 Å². The summed E-state index contributed by atoms with van der Waals surface area (Å²) in [6.07, 6.45) is -4.51. The predicted molar refractivity (Wildman–Crippen MR) is 49.5 cm³/mol. The second kappa shape index (κ2) is 4.69. The SMILES string of the molecule is O=C(CBr)Cc1ccc(C(F)(F)F)nn1. The summed E-state index contributed by atoms with van der Waals surface area (Å²) >= 11 is 2.94. The second-order valence-electron chi connectivity index (χ2n) is 2.76. The Labute approximate surface area is 91.8 Å². The number of ketones is 1. The molecule has 0 saturated heterocycles. The van der Waals surface area contributed by atoms with Gasteiger partial charge in [-0.25, -0.2) is 0 Å². The summed E-state index contributed by atoms with van der Waals surface area (Å²) < 4.78 is 36.2. The number of Topliss-reactive ketones (excluding diaryl/α,β-unsaturated/α-hetero) is 1. The molecule has 0 amide bonds. The van der Waals surface area contributed by atoms with Gasteiger partial charge in [-0.2, -0.15) is 18.3 Å². The van der Waals surface area contributed by atoms with Gasteiger partial charge in [-0.15, -0.1) is 5.10 Å². The molecule has 0 aliphatic heterocycles. The van der Waals surface area contributed by atoms with Crippen molar-refractivity contribution in [2.45, 2.75) is 12.6 Å². The highest BCUT2D eigenvalue weighted by Gasteiger charge is 2.32. The standard InChI is InChI=1S/C8H6BrF3N2O/c9-4-6(15)3-5-1-2-7(14-13-5)8(10,11)12/h1-2H,3-4H2. The van der Waals surface area contributed by atoms with Crippen LogP contribution in [0.5, 0.6) is 0 Å². The van der Waals surface area contributed by atoms with Crippen molar-refractivity contribution in [2.24, 2.45) is 0 Å². The Morgan fingerprint density at radius 1 is 1.33 bits per heavy atom. The summed E-state index contributed by atoms with van der Waals surface area (Å²) in [6, 6.07) is 1.96. The van der Waals surface area contributed by atoms with Crippen molar-refractivity contribution >= 4 is 21.7 Å². The number of aromatic nitrogens is 2. The highest BCUT2D eigenvalue weighted by Crippen LogP contribution is 2.26. The van der Waals surface area contributed by atoms with Gasteiger partial charge in [0.1, 0.15) is 5.78 Å². The molecule has 0 bridgehead atoms. The van der Waals surface area contributed by atoms with Crippen molar-refractivity contribution in [1.82, 2.24) is 10.2 Å². The number of alkyl halides is 4. The first-order chi connectivity index (χ1) is 6.93. The summed E-state index contributed by atoms with van der Waals surface area (Å²) in [4.78, 5) is 10.9. The lowest BCUT2D eigenvalue weighted by molar-refractivity contribution is -0.141. The monoisotopic (exact) mass is 282 g/mol. The molecule has 1 aromatic rings. The molecule has 0 radical (unpaired) electrons. The first kappa shape index (κ1) is 12.1. The number of halogens is 4. The molecule has 15 heavy (non-hydrogen) atoms. The first-order valence-corrected chi connectivity index (χ1v) is 5.03. The predicted octanol–water partition coefficient (Wildman–Crippen LogP) is 2.00. The molecular formula is C8H6BrF3N2O. The third-order valence-corrected chi connectivity index (χ3v) is 2.16. The van der Waals surface area contributed by atoms with Crippen molar-refractivity contribution in [1.29, 1.82) is 0 Å². The Morgan fingerprint density at radius 2 is 2.00 bits per heavy atom. The maximum absolute atomic E-state index is 12.1. The van der Waals surface area contributed by atoms with Gasteiger partial charge in [0, 0.05) is 0 Å². The number of carbonyl (C=O) groups is 1. The number of nitrogens with zero attached hydrogens (tertiary/aromatic N) is 2. The van der Waals surface area contributed by atoms with E-state index in [9.17, 15) is 18.0 Å². The first-order valence-electron chi connectivity index (χ1n) is 3.91. The van der Waals surface area contributed by atoms with E-state index >= 15 is 0 Å². The Kier molecular flexibility index (Phi) is 3.78. The van der Waals surface area contributed by atoms with Gasteiger partial charge in [0.15, 0.2) is 5.69 Å². The Hall–Kier alpha value is -0.980. The van der Waals surface area contributed by atoms with Crippen LogP contribution in [-0.2, 0) is 17.4 Å². The molecule has 1 rings (SSSR count). The summed E-state index contributed by atoms with van der Waals surface area (Å²) in [5.74, 6) is -0.163. The zero-order chi connectivity index (χ0) is 11.5. The van der Waals surface area contributed by atoms with Crippen LogP contribution in [0.3, 0.4) is 0 Å². The van der Waals surface area contributed by atoms with E-state index in [4.69, 9.17) is 0 Å². The molecule has 0 saturated carbocycles. The highest BCUT2D eigenvalue weighted by atomic mass is 79.9. The van der Waals surface area contributed by atoms with Crippen LogP contribution in [0.4, 0.5) is 13.2 Å². The van der Waals surface area contributed by atoms with E-state index in [1.165, 1.54) is 0 Å². The second-order valence-corrected chi connectivity index (χ2v) is 3.32. The van der Waals surface area contributed by atoms with Crippen molar-refractivity contribution in [3.05, 3.63) is 23.5 Å². The maximum Gasteiger partial charge on any atom is 0.435 e. The third kappa shape index (κ3) is 3.58. The lowest BCUT2D eigenvalue weighted by Crippen LogP contribution is -2.11. The van der Waals surface area contributed by atoms with E-state index in [2.05, 4.69) is 26.1 Å². The molecule has 1 heterocycles. The van der Waals surface area contributed by atoms with Crippen LogP contribution in [0.2, 0.25) is 0 Å². The van der Waals surface area contributed by atoms with E-state index in [-0.39, 0.29) is 23.2 Å². The lowest BCUT2D eigenvalue weighted by Gasteiger charge is -2.04. The molecule has 1 aromatic heterocycles. The van der Waals surface area contributed by atoms with E-state index < -0.39 is 11.9 Å². The molecule has 7 heteroatoms. The zero-order valence-corrected chi connectivity index (χ0v) is 8.97. The smallest absolute Gasteiger partial charge is 0.298 e. The molecule has 0 unspecified atom stereocenters. The fraction of sp³-hybridized carbons (Fsp3) is 0.375. The lowest BCUT2D eigenvalue weighted by atomic mass is 10.2. The van der Waals surface area contributed by atoms with Gasteiger partial charge in [-0.05, 0) is 12.1 Å². The summed E-state index contributed by atoms with van der Waals surface area (Å²) in [5.41, 5.74) is -0.829. The Morgan fingerprint density at radius 3 is 2.40 bits per heavy atom. The van der Waals surface area contributed by atoms with E-state index in [0.29, 0.717) is 0 Å². The molecule has 0 spiro atoms. The number of carbonyl (C=O) groups excluding carboxylic acids is 1. The van der Waals surface area contributed by atoms with Gasteiger partial charge in [-0.3, -0.25) is 4.79 Å². The quantitative estimate of drug-likeness (QED) is 0.797. The van der Waals surface area contributed by atoms with Crippen molar-refractivity contribution < 1.29 is 18.0 Å². The molecular weight excluding hydrogens is 277 g/mol. The fourth-order valence-electron chi connectivity index (χ4n) is 0.855. The van der Waals surface area contributed by atoms with E-state index in [0.717, 1.165) is 12.1 Å². The molecule has 0 aliphatic rings. The Bertz CT molecular complexity index is 350. The van der Waals surface area contributed by atoms with Gasteiger partial charge in [-0.1, -0.05) is 15.9 Å². The minimum atomic E-state index is -4.50. The molecule has 0 N–H and O–H groups in total. The summed E-state index contributed by atoms with van der Waals surface area (Å²) in [5, 5.41) is 6.46. The van der Waals surface area contributed by atoms with Gasteiger partial charge in [0.2, 0.25) is 0 Å². The van der Waals surface area contributed by atoms with Gasteiger partial charge >= 0.3 is 6.18 Å². The minimum absolute atomic E-state index is 0.0175. The maximum atomic E-state index is 12.1. The van der Waals surface area contributed by atoms with Crippen LogP contribution in [0.25, 0.3) is 0 Å². The van der Waals surface area contributed by atoms with Gasteiger partial charge < -0.3 is 0 Å². The Balaban J connectivity index is 2.77. The van der Waals surface area contributed by atoms with Crippen LogP contribution in [0, 0.1) is 0 Å². The largest absolute Gasteiger partial charge is 0.435 e. The van der Waals surface area contributed by atoms with Crippen LogP contribution >= 0.6 is 15.9 Å². The third-order valence-electron chi connectivity index (χ3n) is 1.54. The van der Waals surface area contributed by atoms with Crippen LogP contribution < -0.4 is 0 Å². The van der Waals surface area contributed by atoms with E-state index in [1.54, 1.807) is 0 Å². The summed E-state index contributed by atoms with van der Waals surface area (Å²) in [6.45, 7) is 0.